The number of carboxylic acid groups (broad SMARTS) is 1. The Bertz CT molecular complexity index is 1160. The lowest BCUT2D eigenvalue weighted by atomic mass is 9.91. The maximum Gasteiger partial charge on any atom is 0.326 e. The highest BCUT2D eigenvalue weighted by molar-refractivity contribution is 6.30. The number of carboxylic acids is 1. The van der Waals surface area contributed by atoms with Crippen LogP contribution in [-0.2, 0) is 28.9 Å². The van der Waals surface area contributed by atoms with Crippen molar-refractivity contribution in [2.75, 3.05) is 0 Å². The molecule has 7 heteroatoms. The zero-order valence-electron chi connectivity index (χ0n) is 17.9. The summed E-state index contributed by atoms with van der Waals surface area (Å²) in [5.74, 6) is -1.27. The molecule has 168 valence electrons. The molecule has 0 spiro atoms. The molecule has 0 radical (unpaired) electrons. The van der Waals surface area contributed by atoms with Gasteiger partial charge in [-0.05, 0) is 73.6 Å². The van der Waals surface area contributed by atoms with E-state index < -0.39 is 12.0 Å². The Morgan fingerprint density at radius 1 is 1.25 bits per heavy atom. The van der Waals surface area contributed by atoms with Crippen molar-refractivity contribution < 1.29 is 19.1 Å². The maximum absolute atomic E-state index is 14.0. The van der Waals surface area contributed by atoms with Gasteiger partial charge in [-0.1, -0.05) is 30.7 Å². The summed E-state index contributed by atoms with van der Waals surface area (Å²) in [5.41, 5.74) is 3.66. The number of halogens is 2. The molecule has 1 aliphatic rings. The van der Waals surface area contributed by atoms with Crippen LogP contribution < -0.4 is 5.32 Å². The van der Waals surface area contributed by atoms with Crippen LogP contribution in [0.2, 0.25) is 5.02 Å². The first kappa shape index (κ1) is 22.3. The third kappa shape index (κ3) is 4.51. The van der Waals surface area contributed by atoms with E-state index in [1.54, 1.807) is 6.07 Å². The van der Waals surface area contributed by atoms with Crippen molar-refractivity contribution in [1.82, 2.24) is 9.88 Å². The second-order valence-electron chi connectivity index (χ2n) is 8.35. The van der Waals surface area contributed by atoms with Gasteiger partial charge in [0, 0.05) is 34.1 Å². The lowest BCUT2D eigenvalue weighted by Crippen LogP contribution is -2.39. The van der Waals surface area contributed by atoms with Crippen LogP contribution in [0.4, 0.5) is 4.39 Å². The fourth-order valence-electron chi connectivity index (χ4n) is 4.72. The van der Waals surface area contributed by atoms with Gasteiger partial charge >= 0.3 is 5.97 Å². The SMILES string of the molecule is CCC(C(=O)O)n1c2c(c3cc(F)ccc31)C[C@H](NC(=O)CCc1ccc(Cl)cc1)CC2. The van der Waals surface area contributed by atoms with Gasteiger partial charge in [0.2, 0.25) is 5.91 Å². The van der Waals surface area contributed by atoms with Crippen molar-refractivity contribution in [3.05, 3.63) is 70.1 Å². The molecule has 0 saturated heterocycles. The van der Waals surface area contributed by atoms with E-state index in [1.165, 1.54) is 12.1 Å². The summed E-state index contributed by atoms with van der Waals surface area (Å²) in [7, 11) is 0. The largest absolute Gasteiger partial charge is 0.480 e. The van der Waals surface area contributed by atoms with Crippen LogP contribution in [0.3, 0.4) is 0 Å². The maximum atomic E-state index is 14.0. The van der Waals surface area contributed by atoms with Crippen molar-refractivity contribution in [3.8, 4) is 0 Å². The van der Waals surface area contributed by atoms with Crippen LogP contribution in [0.25, 0.3) is 10.9 Å². The quantitative estimate of drug-likeness (QED) is 0.521. The molecule has 5 nitrogen and oxygen atoms in total. The third-order valence-electron chi connectivity index (χ3n) is 6.27. The van der Waals surface area contributed by atoms with Crippen LogP contribution in [0.1, 0.15) is 49.0 Å². The zero-order chi connectivity index (χ0) is 22.8. The number of aryl methyl sites for hydroxylation is 1. The van der Waals surface area contributed by atoms with E-state index in [1.807, 2.05) is 35.8 Å². The van der Waals surface area contributed by atoms with Gasteiger partial charge in [0.1, 0.15) is 11.9 Å². The van der Waals surface area contributed by atoms with Gasteiger partial charge in [-0.25, -0.2) is 9.18 Å². The molecule has 32 heavy (non-hydrogen) atoms. The van der Waals surface area contributed by atoms with E-state index >= 15 is 0 Å². The van der Waals surface area contributed by atoms with Crippen LogP contribution in [0, 0.1) is 5.82 Å². The first-order chi connectivity index (χ1) is 15.4. The number of nitrogens with zero attached hydrogens (tertiary/aromatic N) is 1. The smallest absolute Gasteiger partial charge is 0.326 e. The minimum Gasteiger partial charge on any atom is -0.480 e. The minimum atomic E-state index is -0.894. The standard InChI is InChI=1S/C25H26ClFN2O3/c1-2-21(25(31)32)29-22-10-8-17(27)13-19(22)20-14-18(9-11-23(20)29)28-24(30)12-5-15-3-6-16(26)7-4-15/h3-4,6-8,10,13,18,21H,2,5,9,11-12,14H2,1H3,(H,28,30)(H,31,32)/t18-,21?/m1/s1. The fourth-order valence-corrected chi connectivity index (χ4v) is 4.85. The van der Waals surface area contributed by atoms with Crippen LogP contribution >= 0.6 is 11.6 Å². The number of amides is 1. The Morgan fingerprint density at radius 2 is 2.00 bits per heavy atom. The lowest BCUT2D eigenvalue weighted by molar-refractivity contribution is -0.141. The van der Waals surface area contributed by atoms with E-state index in [4.69, 9.17) is 11.6 Å². The second kappa shape index (κ2) is 9.33. The topological polar surface area (TPSA) is 71.3 Å². The Balaban J connectivity index is 1.53. The predicted octanol–water partition coefficient (Wildman–Crippen LogP) is 5.08. The summed E-state index contributed by atoms with van der Waals surface area (Å²) in [4.78, 5) is 24.4. The lowest BCUT2D eigenvalue weighted by Gasteiger charge is -2.26. The Hall–Kier alpha value is -2.86. The number of fused-ring (bicyclic) bond motifs is 3. The fraction of sp³-hybridized carbons (Fsp3) is 0.360. The van der Waals surface area contributed by atoms with Gasteiger partial charge in [-0.3, -0.25) is 4.79 Å². The van der Waals surface area contributed by atoms with Crippen molar-refractivity contribution in [3.63, 3.8) is 0 Å². The summed E-state index contributed by atoms with van der Waals surface area (Å²) in [6, 6.07) is 11.2. The Labute approximate surface area is 191 Å². The molecular formula is C25H26ClFN2O3. The Kier molecular flexibility index (Phi) is 6.51. The van der Waals surface area contributed by atoms with Crippen LogP contribution in [0.5, 0.6) is 0 Å². The molecule has 1 aliphatic carbocycles. The molecule has 0 fully saturated rings. The average Bonchev–Trinajstić information content (AvgIpc) is 3.07. The minimum absolute atomic E-state index is 0.0275. The number of hydrogen-bond donors (Lipinski definition) is 2. The van der Waals surface area contributed by atoms with E-state index in [9.17, 15) is 19.1 Å². The van der Waals surface area contributed by atoms with E-state index in [0.717, 1.165) is 27.7 Å². The molecule has 4 rings (SSSR count). The number of rotatable bonds is 7. The van der Waals surface area contributed by atoms with Crippen molar-refractivity contribution in [2.24, 2.45) is 0 Å². The Morgan fingerprint density at radius 3 is 2.69 bits per heavy atom. The van der Waals surface area contributed by atoms with Crippen molar-refractivity contribution in [2.45, 2.75) is 57.5 Å². The molecule has 2 aromatic carbocycles. The second-order valence-corrected chi connectivity index (χ2v) is 8.79. The molecule has 1 amide bonds. The van der Waals surface area contributed by atoms with E-state index in [2.05, 4.69) is 5.32 Å². The molecule has 2 atom stereocenters. The molecule has 2 N–H and O–H groups in total. The first-order valence-corrected chi connectivity index (χ1v) is 11.3. The van der Waals surface area contributed by atoms with Gasteiger partial charge in [0.05, 0.1) is 0 Å². The highest BCUT2D eigenvalue weighted by atomic mass is 35.5. The summed E-state index contributed by atoms with van der Waals surface area (Å²) in [6.45, 7) is 1.84. The number of aliphatic carboxylic acids is 1. The molecule has 1 heterocycles. The third-order valence-corrected chi connectivity index (χ3v) is 6.52. The van der Waals surface area contributed by atoms with E-state index in [-0.39, 0.29) is 17.8 Å². The van der Waals surface area contributed by atoms with Crippen molar-refractivity contribution >= 4 is 34.4 Å². The number of carbonyl (C=O) groups is 2. The highest BCUT2D eigenvalue weighted by Gasteiger charge is 2.30. The predicted molar refractivity (Wildman–Crippen MR) is 123 cm³/mol. The van der Waals surface area contributed by atoms with Gasteiger partial charge in [-0.15, -0.1) is 0 Å². The molecule has 3 aromatic rings. The van der Waals surface area contributed by atoms with Crippen LogP contribution in [0.15, 0.2) is 42.5 Å². The molecule has 0 aliphatic heterocycles. The monoisotopic (exact) mass is 456 g/mol. The summed E-state index contributed by atoms with van der Waals surface area (Å²) < 4.78 is 15.9. The molecule has 1 aromatic heterocycles. The first-order valence-electron chi connectivity index (χ1n) is 10.9. The number of aromatic nitrogens is 1. The normalized spacial score (nSPS) is 16.5. The summed E-state index contributed by atoms with van der Waals surface area (Å²) in [6.07, 6.45) is 3.35. The molecular weight excluding hydrogens is 431 g/mol. The summed E-state index contributed by atoms with van der Waals surface area (Å²) in [5, 5.41) is 14.3. The number of nitrogens with one attached hydrogen (secondary N) is 1. The van der Waals surface area contributed by atoms with Gasteiger partial charge in [-0.2, -0.15) is 0 Å². The summed E-state index contributed by atoms with van der Waals surface area (Å²) >= 11 is 5.91. The molecule has 0 saturated carbocycles. The van der Waals surface area contributed by atoms with Gasteiger partial charge in [0.25, 0.3) is 0 Å². The molecule has 0 bridgehead atoms. The van der Waals surface area contributed by atoms with Gasteiger partial charge in [0.15, 0.2) is 0 Å². The highest BCUT2D eigenvalue weighted by Crippen LogP contribution is 2.36. The average molecular weight is 457 g/mol. The van der Waals surface area contributed by atoms with Crippen molar-refractivity contribution in [1.29, 1.82) is 0 Å². The number of hydrogen-bond acceptors (Lipinski definition) is 2. The van der Waals surface area contributed by atoms with Gasteiger partial charge < -0.3 is 15.0 Å². The number of benzene rings is 2. The van der Waals surface area contributed by atoms with Crippen LogP contribution in [-0.4, -0.2) is 27.6 Å². The van der Waals surface area contributed by atoms with E-state index in [0.29, 0.717) is 43.5 Å². The molecule has 1 unspecified atom stereocenters. The zero-order valence-corrected chi connectivity index (χ0v) is 18.7. The number of carbonyl (C=O) groups excluding carboxylic acids is 1.